The van der Waals surface area contributed by atoms with Crippen molar-refractivity contribution in [3.63, 3.8) is 0 Å². The van der Waals surface area contributed by atoms with Crippen LogP contribution in [0.5, 0.6) is 0 Å². The SMILES string of the molecule is CCCNC(CCOCC)c1cccc(C(F)(F)F)c1. The van der Waals surface area contributed by atoms with Crippen molar-refractivity contribution < 1.29 is 17.9 Å². The summed E-state index contributed by atoms with van der Waals surface area (Å²) in [7, 11) is 0. The summed E-state index contributed by atoms with van der Waals surface area (Å²) in [6.45, 7) is 5.85. The Balaban J connectivity index is 2.83. The Morgan fingerprint density at radius 3 is 2.60 bits per heavy atom. The number of hydrogen-bond acceptors (Lipinski definition) is 2. The molecule has 0 heterocycles. The van der Waals surface area contributed by atoms with E-state index in [1.165, 1.54) is 12.1 Å². The van der Waals surface area contributed by atoms with Gasteiger partial charge in [0.2, 0.25) is 0 Å². The third-order valence-corrected chi connectivity index (χ3v) is 3.01. The van der Waals surface area contributed by atoms with Crippen molar-refractivity contribution in [3.8, 4) is 0 Å². The number of alkyl halides is 3. The second kappa shape index (κ2) is 8.27. The molecule has 0 aliphatic rings. The van der Waals surface area contributed by atoms with Gasteiger partial charge < -0.3 is 10.1 Å². The first-order valence-corrected chi connectivity index (χ1v) is 6.97. The van der Waals surface area contributed by atoms with Crippen molar-refractivity contribution in [1.82, 2.24) is 5.32 Å². The van der Waals surface area contributed by atoms with E-state index in [0.717, 1.165) is 19.0 Å². The van der Waals surface area contributed by atoms with Gasteiger partial charge in [-0.1, -0.05) is 19.1 Å². The van der Waals surface area contributed by atoms with Crippen LogP contribution in [-0.2, 0) is 10.9 Å². The monoisotopic (exact) mass is 289 g/mol. The van der Waals surface area contributed by atoms with Gasteiger partial charge in [0, 0.05) is 19.3 Å². The highest BCUT2D eigenvalue weighted by Gasteiger charge is 2.30. The minimum absolute atomic E-state index is 0.108. The van der Waals surface area contributed by atoms with E-state index < -0.39 is 11.7 Å². The van der Waals surface area contributed by atoms with E-state index in [1.54, 1.807) is 6.07 Å². The van der Waals surface area contributed by atoms with Crippen LogP contribution in [0.15, 0.2) is 24.3 Å². The van der Waals surface area contributed by atoms with Gasteiger partial charge in [-0.15, -0.1) is 0 Å². The second-order valence-corrected chi connectivity index (χ2v) is 4.62. The second-order valence-electron chi connectivity index (χ2n) is 4.62. The summed E-state index contributed by atoms with van der Waals surface area (Å²) in [6.07, 6.45) is -2.70. The molecule has 0 amide bonds. The largest absolute Gasteiger partial charge is 0.416 e. The van der Waals surface area contributed by atoms with Crippen LogP contribution in [0.1, 0.15) is 43.9 Å². The fraction of sp³-hybridized carbons (Fsp3) is 0.600. The quantitative estimate of drug-likeness (QED) is 0.725. The zero-order chi connectivity index (χ0) is 15.0. The average molecular weight is 289 g/mol. The van der Waals surface area contributed by atoms with Gasteiger partial charge in [0.05, 0.1) is 5.56 Å². The van der Waals surface area contributed by atoms with Crippen LogP contribution < -0.4 is 5.32 Å². The van der Waals surface area contributed by atoms with E-state index in [1.807, 2.05) is 13.8 Å². The van der Waals surface area contributed by atoms with Crippen LogP contribution in [0, 0.1) is 0 Å². The summed E-state index contributed by atoms with van der Waals surface area (Å²) in [5.74, 6) is 0. The fourth-order valence-electron chi connectivity index (χ4n) is 1.98. The average Bonchev–Trinajstić information content (AvgIpc) is 2.42. The van der Waals surface area contributed by atoms with Gasteiger partial charge in [-0.2, -0.15) is 13.2 Å². The zero-order valence-corrected chi connectivity index (χ0v) is 12.0. The molecule has 1 aromatic rings. The lowest BCUT2D eigenvalue weighted by atomic mass is 10.0. The molecule has 1 N–H and O–H groups in total. The van der Waals surface area contributed by atoms with Crippen molar-refractivity contribution in [1.29, 1.82) is 0 Å². The van der Waals surface area contributed by atoms with Crippen LogP contribution in [0.3, 0.4) is 0 Å². The summed E-state index contributed by atoms with van der Waals surface area (Å²) in [5.41, 5.74) is 0.0580. The van der Waals surface area contributed by atoms with Crippen molar-refractivity contribution in [2.45, 2.75) is 38.9 Å². The van der Waals surface area contributed by atoms with E-state index in [9.17, 15) is 13.2 Å². The van der Waals surface area contributed by atoms with E-state index in [2.05, 4.69) is 5.32 Å². The number of hydrogen-bond donors (Lipinski definition) is 1. The first-order chi connectivity index (χ1) is 9.49. The van der Waals surface area contributed by atoms with Crippen molar-refractivity contribution >= 4 is 0 Å². The Morgan fingerprint density at radius 1 is 1.25 bits per heavy atom. The van der Waals surface area contributed by atoms with Crippen molar-refractivity contribution in [2.24, 2.45) is 0 Å². The summed E-state index contributed by atoms with van der Waals surface area (Å²) < 4.78 is 43.5. The number of rotatable bonds is 8. The van der Waals surface area contributed by atoms with E-state index in [-0.39, 0.29) is 6.04 Å². The maximum absolute atomic E-state index is 12.7. The molecule has 5 heteroatoms. The van der Waals surface area contributed by atoms with Crippen LogP contribution in [-0.4, -0.2) is 19.8 Å². The molecule has 20 heavy (non-hydrogen) atoms. The molecule has 0 fully saturated rings. The van der Waals surface area contributed by atoms with Gasteiger partial charge in [-0.25, -0.2) is 0 Å². The Kier molecular flexibility index (Phi) is 7.02. The lowest BCUT2D eigenvalue weighted by molar-refractivity contribution is -0.137. The molecule has 0 bridgehead atoms. The van der Waals surface area contributed by atoms with E-state index in [4.69, 9.17) is 4.74 Å². The van der Waals surface area contributed by atoms with E-state index >= 15 is 0 Å². The summed E-state index contributed by atoms with van der Waals surface area (Å²) in [4.78, 5) is 0. The number of nitrogens with one attached hydrogen (secondary N) is 1. The van der Waals surface area contributed by atoms with E-state index in [0.29, 0.717) is 25.2 Å². The molecular weight excluding hydrogens is 267 g/mol. The number of benzene rings is 1. The molecule has 1 unspecified atom stereocenters. The molecular formula is C15H22F3NO. The van der Waals surface area contributed by atoms with Gasteiger partial charge in [0.25, 0.3) is 0 Å². The van der Waals surface area contributed by atoms with Crippen LogP contribution in [0.4, 0.5) is 13.2 Å². The van der Waals surface area contributed by atoms with Gasteiger partial charge in [0.15, 0.2) is 0 Å². The van der Waals surface area contributed by atoms with Gasteiger partial charge in [0.1, 0.15) is 0 Å². The normalized spacial score (nSPS) is 13.4. The molecule has 1 aromatic carbocycles. The Morgan fingerprint density at radius 2 is 2.00 bits per heavy atom. The van der Waals surface area contributed by atoms with Gasteiger partial charge in [-0.05, 0) is 44.0 Å². The van der Waals surface area contributed by atoms with Gasteiger partial charge in [-0.3, -0.25) is 0 Å². The van der Waals surface area contributed by atoms with Crippen LogP contribution in [0.25, 0.3) is 0 Å². The molecule has 0 saturated heterocycles. The first kappa shape index (κ1) is 17.0. The highest BCUT2D eigenvalue weighted by molar-refractivity contribution is 5.28. The number of ether oxygens (including phenoxy) is 1. The fourth-order valence-corrected chi connectivity index (χ4v) is 1.98. The summed E-state index contributed by atoms with van der Waals surface area (Å²) in [5, 5.41) is 3.28. The zero-order valence-electron chi connectivity index (χ0n) is 12.0. The maximum atomic E-state index is 12.7. The molecule has 1 rings (SSSR count). The minimum Gasteiger partial charge on any atom is -0.382 e. The summed E-state index contributed by atoms with van der Waals surface area (Å²) in [6, 6.07) is 5.40. The lowest BCUT2D eigenvalue weighted by Crippen LogP contribution is -2.24. The first-order valence-electron chi connectivity index (χ1n) is 6.97. The third-order valence-electron chi connectivity index (χ3n) is 3.01. The molecule has 0 aromatic heterocycles. The summed E-state index contributed by atoms with van der Waals surface area (Å²) >= 11 is 0. The standard InChI is InChI=1S/C15H22F3NO/c1-3-9-19-14(8-10-20-4-2)12-6-5-7-13(11-12)15(16,17)18/h5-7,11,14,19H,3-4,8-10H2,1-2H3. The molecule has 2 nitrogen and oxygen atoms in total. The highest BCUT2D eigenvalue weighted by Crippen LogP contribution is 2.31. The molecule has 0 radical (unpaired) electrons. The Bertz CT molecular complexity index is 393. The number of halogens is 3. The Labute approximate surface area is 118 Å². The molecule has 0 saturated carbocycles. The Hall–Kier alpha value is -1.07. The van der Waals surface area contributed by atoms with Crippen molar-refractivity contribution in [2.75, 3.05) is 19.8 Å². The predicted molar refractivity (Wildman–Crippen MR) is 73.6 cm³/mol. The van der Waals surface area contributed by atoms with Crippen molar-refractivity contribution in [3.05, 3.63) is 35.4 Å². The topological polar surface area (TPSA) is 21.3 Å². The van der Waals surface area contributed by atoms with Gasteiger partial charge >= 0.3 is 6.18 Å². The molecule has 0 aliphatic heterocycles. The molecule has 114 valence electrons. The maximum Gasteiger partial charge on any atom is 0.416 e. The third kappa shape index (κ3) is 5.51. The minimum atomic E-state index is -4.30. The molecule has 0 spiro atoms. The van der Waals surface area contributed by atoms with Crippen LogP contribution in [0.2, 0.25) is 0 Å². The van der Waals surface area contributed by atoms with Crippen LogP contribution >= 0.6 is 0 Å². The predicted octanol–water partition coefficient (Wildman–Crippen LogP) is 4.17. The highest BCUT2D eigenvalue weighted by atomic mass is 19.4. The molecule has 0 aliphatic carbocycles. The smallest absolute Gasteiger partial charge is 0.382 e. The molecule has 1 atom stereocenters. The lowest BCUT2D eigenvalue weighted by Gasteiger charge is -2.20.